The predicted octanol–water partition coefficient (Wildman–Crippen LogP) is 5.67. The molecule has 0 saturated heterocycles. The molecule has 2 amide bonds. The highest BCUT2D eigenvalue weighted by Crippen LogP contribution is 2.28. The molecule has 0 aliphatic rings. The third-order valence-corrected chi connectivity index (χ3v) is 8.54. The minimum absolute atomic E-state index is 0.0733. The first-order valence-electron chi connectivity index (χ1n) is 13.9. The van der Waals surface area contributed by atoms with E-state index in [1.165, 1.54) is 4.31 Å². The zero-order valence-corrected chi connectivity index (χ0v) is 25.8. The van der Waals surface area contributed by atoms with Crippen LogP contribution in [0.2, 0.25) is 5.02 Å². The van der Waals surface area contributed by atoms with Crippen LogP contribution in [0, 0.1) is 13.8 Å². The molecule has 7 nitrogen and oxygen atoms in total. The minimum Gasteiger partial charge on any atom is -0.354 e. The maximum absolute atomic E-state index is 13.9. The van der Waals surface area contributed by atoms with Crippen molar-refractivity contribution in [3.05, 3.63) is 100 Å². The van der Waals surface area contributed by atoms with Crippen LogP contribution in [-0.2, 0) is 32.6 Å². The summed E-state index contributed by atoms with van der Waals surface area (Å²) < 4.78 is 26.7. The standard InChI is InChI=1S/C32H40ClN3O4S/c1-5-20-34-32(38)30(22-26-11-7-6-8-12-26)35(23-27-18-16-24(2)17-19-27)31(37)15-10-21-36(41(4,39)40)29-14-9-13-28(33)25(29)3/h6-9,11-14,16-19,30H,5,10,15,20-23H2,1-4H3,(H,34,38)/t30-/m1/s1. The third-order valence-electron chi connectivity index (χ3n) is 6.95. The Kier molecular flexibility index (Phi) is 11.8. The van der Waals surface area contributed by atoms with Crippen LogP contribution in [0.1, 0.15) is 48.4 Å². The molecular weight excluding hydrogens is 558 g/mol. The molecule has 0 unspecified atom stereocenters. The summed E-state index contributed by atoms with van der Waals surface area (Å²) in [6.45, 7) is 6.64. The topological polar surface area (TPSA) is 86.8 Å². The fraction of sp³-hybridized carbons (Fsp3) is 0.375. The number of sulfonamides is 1. The number of benzene rings is 3. The van der Waals surface area contributed by atoms with Crippen molar-refractivity contribution in [3.8, 4) is 0 Å². The first-order chi connectivity index (χ1) is 19.5. The van der Waals surface area contributed by atoms with E-state index in [1.807, 2.05) is 68.4 Å². The van der Waals surface area contributed by atoms with Crippen molar-refractivity contribution in [2.75, 3.05) is 23.7 Å². The smallest absolute Gasteiger partial charge is 0.243 e. The van der Waals surface area contributed by atoms with E-state index >= 15 is 0 Å². The van der Waals surface area contributed by atoms with E-state index in [4.69, 9.17) is 11.6 Å². The Labute approximate surface area is 249 Å². The Morgan fingerprint density at radius 1 is 0.927 bits per heavy atom. The van der Waals surface area contributed by atoms with Crippen molar-refractivity contribution in [2.45, 2.75) is 59.0 Å². The van der Waals surface area contributed by atoms with Gasteiger partial charge in [-0.1, -0.05) is 84.8 Å². The summed E-state index contributed by atoms with van der Waals surface area (Å²) in [4.78, 5) is 29.0. The van der Waals surface area contributed by atoms with Crippen molar-refractivity contribution in [1.29, 1.82) is 0 Å². The number of carbonyl (C=O) groups excluding carboxylic acids is 2. The lowest BCUT2D eigenvalue weighted by atomic mass is 10.0. The molecule has 9 heteroatoms. The molecule has 220 valence electrons. The lowest BCUT2D eigenvalue weighted by molar-refractivity contribution is -0.141. The molecule has 0 heterocycles. The summed E-state index contributed by atoms with van der Waals surface area (Å²) in [6, 6.07) is 22.0. The average Bonchev–Trinajstić information content (AvgIpc) is 2.94. The van der Waals surface area contributed by atoms with Crippen LogP contribution in [0.5, 0.6) is 0 Å². The maximum Gasteiger partial charge on any atom is 0.243 e. The van der Waals surface area contributed by atoms with Gasteiger partial charge >= 0.3 is 0 Å². The highest BCUT2D eigenvalue weighted by molar-refractivity contribution is 7.92. The van der Waals surface area contributed by atoms with Crippen LogP contribution in [0.4, 0.5) is 5.69 Å². The number of nitrogens with one attached hydrogen (secondary N) is 1. The van der Waals surface area contributed by atoms with Gasteiger partial charge < -0.3 is 10.2 Å². The van der Waals surface area contributed by atoms with Gasteiger partial charge in [-0.3, -0.25) is 13.9 Å². The second-order valence-electron chi connectivity index (χ2n) is 10.3. The molecule has 0 radical (unpaired) electrons. The van der Waals surface area contributed by atoms with Gasteiger partial charge in [0.05, 0.1) is 11.9 Å². The van der Waals surface area contributed by atoms with Crippen LogP contribution in [0.3, 0.4) is 0 Å². The van der Waals surface area contributed by atoms with E-state index in [2.05, 4.69) is 5.32 Å². The highest BCUT2D eigenvalue weighted by atomic mass is 35.5. The van der Waals surface area contributed by atoms with Gasteiger partial charge in [0.25, 0.3) is 0 Å². The van der Waals surface area contributed by atoms with Crippen molar-refractivity contribution in [3.63, 3.8) is 0 Å². The molecule has 0 saturated carbocycles. The fourth-order valence-electron chi connectivity index (χ4n) is 4.66. The molecule has 0 aliphatic heterocycles. The lowest BCUT2D eigenvalue weighted by Crippen LogP contribution is -2.50. The number of carbonyl (C=O) groups is 2. The quantitative estimate of drug-likeness (QED) is 0.259. The molecule has 3 rings (SSSR count). The molecular formula is C32H40ClN3O4S. The lowest BCUT2D eigenvalue weighted by Gasteiger charge is -2.32. The van der Waals surface area contributed by atoms with Gasteiger partial charge in [0.15, 0.2) is 0 Å². The van der Waals surface area contributed by atoms with E-state index in [0.29, 0.717) is 29.2 Å². The second-order valence-corrected chi connectivity index (χ2v) is 12.6. The number of nitrogens with zero attached hydrogens (tertiary/aromatic N) is 2. The van der Waals surface area contributed by atoms with Gasteiger partial charge in [-0.05, 0) is 55.5 Å². The van der Waals surface area contributed by atoms with E-state index in [1.54, 1.807) is 30.0 Å². The first-order valence-corrected chi connectivity index (χ1v) is 16.1. The van der Waals surface area contributed by atoms with Crippen molar-refractivity contribution < 1.29 is 18.0 Å². The molecule has 3 aromatic carbocycles. The van der Waals surface area contributed by atoms with E-state index in [-0.39, 0.29) is 37.7 Å². The fourth-order valence-corrected chi connectivity index (χ4v) is 5.84. The van der Waals surface area contributed by atoms with Gasteiger partial charge in [-0.15, -0.1) is 0 Å². The van der Waals surface area contributed by atoms with Crippen LogP contribution < -0.4 is 9.62 Å². The molecule has 0 fully saturated rings. The number of amides is 2. The molecule has 3 aromatic rings. The number of halogens is 1. The normalized spacial score (nSPS) is 12.0. The summed E-state index contributed by atoms with van der Waals surface area (Å²) in [5.41, 5.74) is 4.11. The summed E-state index contributed by atoms with van der Waals surface area (Å²) in [6.07, 6.45) is 2.64. The van der Waals surface area contributed by atoms with Crippen LogP contribution >= 0.6 is 11.6 Å². The predicted molar refractivity (Wildman–Crippen MR) is 167 cm³/mol. The molecule has 1 atom stereocenters. The maximum atomic E-state index is 13.9. The Morgan fingerprint density at radius 3 is 2.24 bits per heavy atom. The van der Waals surface area contributed by atoms with E-state index < -0.39 is 16.1 Å². The van der Waals surface area contributed by atoms with E-state index in [9.17, 15) is 18.0 Å². The van der Waals surface area contributed by atoms with Gasteiger partial charge in [-0.25, -0.2) is 8.42 Å². The van der Waals surface area contributed by atoms with Crippen molar-refractivity contribution >= 4 is 39.1 Å². The van der Waals surface area contributed by atoms with Crippen LogP contribution in [-0.4, -0.2) is 50.5 Å². The van der Waals surface area contributed by atoms with Crippen LogP contribution in [0.25, 0.3) is 0 Å². The monoisotopic (exact) mass is 597 g/mol. The molecule has 0 aliphatic carbocycles. The Balaban J connectivity index is 1.88. The molecule has 1 N–H and O–H groups in total. The van der Waals surface area contributed by atoms with Gasteiger partial charge in [-0.2, -0.15) is 0 Å². The van der Waals surface area contributed by atoms with E-state index in [0.717, 1.165) is 29.4 Å². The Bertz CT molecular complexity index is 1410. The SMILES string of the molecule is CCCNC(=O)[C@@H](Cc1ccccc1)N(Cc1ccc(C)cc1)C(=O)CCCN(c1cccc(Cl)c1C)S(C)(=O)=O. The van der Waals surface area contributed by atoms with Crippen molar-refractivity contribution in [2.24, 2.45) is 0 Å². The van der Waals surface area contributed by atoms with Gasteiger partial charge in [0.2, 0.25) is 21.8 Å². The molecule has 0 spiro atoms. The third kappa shape index (κ3) is 9.33. The molecule has 0 aromatic heterocycles. The van der Waals surface area contributed by atoms with Gasteiger partial charge in [0, 0.05) is 37.5 Å². The summed E-state index contributed by atoms with van der Waals surface area (Å²) in [7, 11) is -3.62. The van der Waals surface area contributed by atoms with Gasteiger partial charge in [0.1, 0.15) is 6.04 Å². The number of hydrogen-bond donors (Lipinski definition) is 1. The summed E-state index contributed by atoms with van der Waals surface area (Å²) in [5, 5.41) is 3.45. The average molecular weight is 598 g/mol. The second kappa shape index (κ2) is 15.0. The number of aryl methyl sites for hydroxylation is 1. The summed E-state index contributed by atoms with van der Waals surface area (Å²) in [5.74, 6) is -0.419. The molecule has 41 heavy (non-hydrogen) atoms. The van der Waals surface area contributed by atoms with Crippen molar-refractivity contribution in [1.82, 2.24) is 10.2 Å². The summed E-state index contributed by atoms with van der Waals surface area (Å²) >= 11 is 6.27. The number of hydrogen-bond acceptors (Lipinski definition) is 4. The minimum atomic E-state index is -3.62. The Hall–Kier alpha value is -3.36. The largest absolute Gasteiger partial charge is 0.354 e. The zero-order chi connectivity index (χ0) is 30.0. The van der Waals surface area contributed by atoms with Crippen LogP contribution in [0.15, 0.2) is 72.8 Å². The number of anilines is 1. The zero-order valence-electron chi connectivity index (χ0n) is 24.3. The molecule has 0 bridgehead atoms. The highest BCUT2D eigenvalue weighted by Gasteiger charge is 2.30. The first kappa shape index (κ1) is 32.2. The number of rotatable bonds is 14. The Morgan fingerprint density at radius 2 is 1.61 bits per heavy atom.